The zero-order valence-corrected chi connectivity index (χ0v) is 24.7. The topological polar surface area (TPSA) is 80.7 Å². The van der Waals surface area contributed by atoms with Crippen LogP contribution in [0.1, 0.15) is 62.9 Å². The van der Waals surface area contributed by atoms with Gasteiger partial charge in [0.15, 0.2) is 0 Å². The first-order valence-electron chi connectivity index (χ1n) is 14.2. The first kappa shape index (κ1) is 30.0. The number of halogens is 1. The van der Waals surface area contributed by atoms with Crippen LogP contribution in [0.2, 0.25) is 0 Å². The predicted molar refractivity (Wildman–Crippen MR) is 159 cm³/mol. The van der Waals surface area contributed by atoms with Crippen molar-refractivity contribution in [3.05, 3.63) is 83.3 Å². The number of carbonyl (C=O) groups excluding carboxylic acids is 1. The first-order valence-corrected chi connectivity index (χ1v) is 14.2. The minimum absolute atomic E-state index is 0.290. The van der Waals surface area contributed by atoms with E-state index in [1.165, 1.54) is 6.07 Å². The lowest BCUT2D eigenvalue weighted by Gasteiger charge is -2.37. The molecule has 0 aliphatic carbocycles. The van der Waals surface area contributed by atoms with Crippen molar-refractivity contribution < 1.29 is 18.7 Å². The third kappa shape index (κ3) is 7.80. The van der Waals surface area contributed by atoms with Crippen molar-refractivity contribution in [2.45, 2.75) is 59.0 Å². The van der Waals surface area contributed by atoms with E-state index in [4.69, 9.17) is 19.4 Å². The SMILES string of the molecule is C/C=C(/c1ccccc1F)c1c(CCCCc2cncc(OC)c2)ncnc1N1CCN(C(=O)OC(C)(C)C)CC1. The fraction of sp³-hybridized carbons (Fsp3) is 0.438. The van der Waals surface area contributed by atoms with Crippen LogP contribution in [-0.4, -0.2) is 64.8 Å². The molecule has 1 aromatic carbocycles. The molecule has 3 aromatic rings. The number of hydrogen-bond acceptors (Lipinski definition) is 7. The smallest absolute Gasteiger partial charge is 0.410 e. The van der Waals surface area contributed by atoms with Crippen LogP contribution < -0.4 is 9.64 Å². The van der Waals surface area contributed by atoms with E-state index in [9.17, 15) is 4.79 Å². The summed E-state index contributed by atoms with van der Waals surface area (Å²) in [4.78, 5) is 30.2. The van der Waals surface area contributed by atoms with Gasteiger partial charge < -0.3 is 19.3 Å². The van der Waals surface area contributed by atoms with E-state index in [-0.39, 0.29) is 11.9 Å². The number of rotatable bonds is 9. The number of pyridine rings is 1. The summed E-state index contributed by atoms with van der Waals surface area (Å²) in [5.41, 5.74) is 3.57. The van der Waals surface area contributed by atoms with Gasteiger partial charge in [-0.25, -0.2) is 19.2 Å². The van der Waals surface area contributed by atoms with Crippen molar-refractivity contribution in [2.24, 2.45) is 0 Å². The summed E-state index contributed by atoms with van der Waals surface area (Å²) in [5, 5.41) is 0. The number of nitrogens with zero attached hydrogens (tertiary/aromatic N) is 5. The van der Waals surface area contributed by atoms with E-state index < -0.39 is 5.60 Å². The van der Waals surface area contributed by atoms with Crippen molar-refractivity contribution in [3.63, 3.8) is 0 Å². The number of piperazine rings is 1. The van der Waals surface area contributed by atoms with Crippen LogP contribution in [0.3, 0.4) is 0 Å². The molecule has 0 bridgehead atoms. The number of aryl methyl sites for hydroxylation is 2. The van der Waals surface area contributed by atoms with Gasteiger partial charge in [-0.15, -0.1) is 0 Å². The molecule has 41 heavy (non-hydrogen) atoms. The van der Waals surface area contributed by atoms with Gasteiger partial charge in [-0.1, -0.05) is 24.3 Å². The van der Waals surface area contributed by atoms with E-state index in [0.29, 0.717) is 38.2 Å². The van der Waals surface area contributed by atoms with Crippen LogP contribution in [0.4, 0.5) is 15.0 Å². The summed E-state index contributed by atoms with van der Waals surface area (Å²) >= 11 is 0. The molecular formula is C32H40FN5O3. The van der Waals surface area contributed by atoms with Gasteiger partial charge in [-0.05, 0) is 76.6 Å². The van der Waals surface area contributed by atoms with Gasteiger partial charge in [0.2, 0.25) is 0 Å². The Hall–Kier alpha value is -4.01. The molecular weight excluding hydrogens is 521 g/mol. The third-order valence-electron chi connectivity index (χ3n) is 6.99. The quantitative estimate of drug-likeness (QED) is 0.292. The number of methoxy groups -OCH3 is 1. The van der Waals surface area contributed by atoms with Crippen LogP contribution in [0.5, 0.6) is 5.75 Å². The number of benzene rings is 1. The Kier molecular flexibility index (Phi) is 9.91. The zero-order valence-electron chi connectivity index (χ0n) is 24.7. The second-order valence-electron chi connectivity index (χ2n) is 11.1. The van der Waals surface area contributed by atoms with Crippen LogP contribution in [-0.2, 0) is 17.6 Å². The maximum absolute atomic E-state index is 15.1. The van der Waals surface area contributed by atoms with Gasteiger partial charge in [-0.2, -0.15) is 0 Å². The molecule has 9 heteroatoms. The van der Waals surface area contributed by atoms with Gasteiger partial charge in [0.25, 0.3) is 0 Å². The van der Waals surface area contributed by atoms with Crippen LogP contribution in [0.25, 0.3) is 5.57 Å². The second kappa shape index (κ2) is 13.6. The maximum Gasteiger partial charge on any atom is 0.410 e. The lowest BCUT2D eigenvalue weighted by atomic mass is 9.93. The van der Waals surface area contributed by atoms with Crippen LogP contribution >= 0.6 is 0 Å². The highest BCUT2D eigenvalue weighted by Crippen LogP contribution is 2.35. The second-order valence-corrected chi connectivity index (χ2v) is 11.1. The molecule has 8 nitrogen and oxygen atoms in total. The molecule has 2 aromatic heterocycles. The Morgan fingerprint density at radius 1 is 1.05 bits per heavy atom. The van der Waals surface area contributed by atoms with Gasteiger partial charge in [0.1, 0.15) is 29.3 Å². The number of aromatic nitrogens is 3. The average molecular weight is 562 g/mol. The lowest BCUT2D eigenvalue weighted by Crippen LogP contribution is -2.50. The molecule has 0 atom stereocenters. The molecule has 0 saturated carbocycles. The number of unbranched alkanes of at least 4 members (excludes halogenated alkanes) is 1. The zero-order chi connectivity index (χ0) is 29.4. The van der Waals surface area contributed by atoms with Crippen molar-refractivity contribution in [1.29, 1.82) is 0 Å². The van der Waals surface area contributed by atoms with E-state index in [2.05, 4.69) is 9.88 Å². The predicted octanol–water partition coefficient (Wildman–Crippen LogP) is 6.09. The number of allylic oxidation sites excluding steroid dienone is 1. The fourth-order valence-electron chi connectivity index (χ4n) is 4.99. The highest BCUT2D eigenvalue weighted by molar-refractivity contribution is 5.86. The van der Waals surface area contributed by atoms with Crippen molar-refractivity contribution in [1.82, 2.24) is 19.9 Å². The van der Waals surface area contributed by atoms with Gasteiger partial charge in [0.05, 0.1) is 19.0 Å². The monoisotopic (exact) mass is 561 g/mol. The molecule has 0 N–H and O–H groups in total. The third-order valence-corrected chi connectivity index (χ3v) is 6.99. The summed E-state index contributed by atoms with van der Waals surface area (Å²) in [6.45, 7) is 9.69. The molecule has 1 amide bonds. The Bertz CT molecular complexity index is 1360. The molecule has 0 spiro atoms. The highest BCUT2D eigenvalue weighted by Gasteiger charge is 2.29. The number of ether oxygens (including phenoxy) is 2. The fourth-order valence-corrected chi connectivity index (χ4v) is 4.99. The summed E-state index contributed by atoms with van der Waals surface area (Å²) in [6.07, 6.45) is 10.2. The molecule has 1 aliphatic heterocycles. The maximum atomic E-state index is 15.1. The summed E-state index contributed by atoms with van der Waals surface area (Å²) < 4.78 is 25.9. The number of amides is 1. The Labute approximate surface area is 242 Å². The van der Waals surface area contributed by atoms with E-state index in [1.807, 2.05) is 52.1 Å². The molecule has 1 aliphatic rings. The molecule has 3 heterocycles. The van der Waals surface area contributed by atoms with Gasteiger partial charge in [-0.3, -0.25) is 4.98 Å². The number of hydrogen-bond donors (Lipinski definition) is 0. The van der Waals surface area contributed by atoms with Crippen molar-refractivity contribution in [3.8, 4) is 5.75 Å². The number of carbonyl (C=O) groups is 1. The Morgan fingerprint density at radius 2 is 1.78 bits per heavy atom. The van der Waals surface area contributed by atoms with Crippen molar-refractivity contribution >= 4 is 17.5 Å². The van der Waals surface area contributed by atoms with Gasteiger partial charge >= 0.3 is 6.09 Å². The first-order chi connectivity index (χ1) is 19.7. The molecule has 4 rings (SSSR count). The van der Waals surface area contributed by atoms with Crippen LogP contribution in [0.15, 0.2) is 55.1 Å². The van der Waals surface area contributed by atoms with Crippen molar-refractivity contribution in [2.75, 3.05) is 38.2 Å². The minimum atomic E-state index is -0.549. The summed E-state index contributed by atoms with van der Waals surface area (Å²) in [6, 6.07) is 8.81. The van der Waals surface area contributed by atoms with E-state index in [1.54, 1.807) is 36.7 Å². The van der Waals surface area contributed by atoms with Crippen LogP contribution in [0, 0.1) is 5.82 Å². The van der Waals surface area contributed by atoms with Gasteiger partial charge in [0, 0.05) is 43.5 Å². The molecule has 1 saturated heterocycles. The molecule has 218 valence electrons. The minimum Gasteiger partial charge on any atom is -0.495 e. The normalized spacial score (nSPS) is 14.2. The Balaban J connectivity index is 1.57. The lowest BCUT2D eigenvalue weighted by molar-refractivity contribution is 0.0240. The Morgan fingerprint density at radius 3 is 2.46 bits per heavy atom. The average Bonchev–Trinajstić information content (AvgIpc) is 2.96. The molecule has 0 radical (unpaired) electrons. The molecule has 0 unspecified atom stereocenters. The van der Waals surface area contributed by atoms with E-state index >= 15 is 4.39 Å². The largest absolute Gasteiger partial charge is 0.495 e. The summed E-state index contributed by atoms with van der Waals surface area (Å²) in [7, 11) is 1.64. The van der Waals surface area contributed by atoms with E-state index in [0.717, 1.165) is 53.2 Å². The summed E-state index contributed by atoms with van der Waals surface area (Å²) in [5.74, 6) is 1.22. The molecule has 1 fully saturated rings. The standard InChI is InChI=1S/C32H40FN5O3/c1-6-25(26-12-8-9-13-27(26)33)29-28(14-10-7-11-23-19-24(40-5)21-34-20-23)35-22-36-30(29)37-15-17-38(18-16-37)31(39)41-32(2,3)4/h6,8-9,12-13,19-22H,7,10-11,14-18H2,1-5H3/b25-6-. The highest BCUT2D eigenvalue weighted by atomic mass is 19.1. The number of anilines is 1.